The van der Waals surface area contributed by atoms with Gasteiger partial charge in [0.15, 0.2) is 6.10 Å². The van der Waals surface area contributed by atoms with Crippen molar-refractivity contribution in [3.8, 4) is 0 Å². The molecule has 0 amide bonds. The van der Waals surface area contributed by atoms with E-state index in [4.69, 9.17) is 18.5 Å². The topological polar surface area (TPSA) is 108 Å². The van der Waals surface area contributed by atoms with Crippen LogP contribution in [0.1, 0.15) is 129 Å². The van der Waals surface area contributed by atoms with E-state index >= 15 is 0 Å². The van der Waals surface area contributed by atoms with E-state index in [9.17, 15) is 19.0 Å². The quantitative estimate of drug-likeness (QED) is 0.0214. The van der Waals surface area contributed by atoms with Gasteiger partial charge in [-0.2, -0.15) is 0 Å². The second-order valence-electron chi connectivity index (χ2n) is 15.7. The zero-order chi connectivity index (χ0) is 45.7. The molecule has 0 heterocycles. The molecule has 1 unspecified atom stereocenters. The highest BCUT2D eigenvalue weighted by atomic mass is 31.2. The summed E-state index contributed by atoms with van der Waals surface area (Å²) in [7, 11) is 1.38. The van der Waals surface area contributed by atoms with Crippen LogP contribution in [-0.2, 0) is 32.7 Å². The lowest BCUT2D eigenvalue weighted by atomic mass is 10.1. The Balaban J connectivity index is 4.56. The highest BCUT2D eigenvalue weighted by Gasteiger charge is 2.27. The van der Waals surface area contributed by atoms with E-state index in [-0.39, 0.29) is 26.1 Å². The van der Waals surface area contributed by atoms with E-state index in [0.29, 0.717) is 23.9 Å². The van der Waals surface area contributed by atoms with Crippen molar-refractivity contribution < 1.29 is 42.1 Å². The number of hydrogen-bond acceptors (Lipinski definition) is 7. The molecule has 62 heavy (non-hydrogen) atoms. The summed E-state index contributed by atoms with van der Waals surface area (Å²) in [6.45, 7) is 4.03. The van der Waals surface area contributed by atoms with Crippen LogP contribution in [0, 0.1) is 0 Å². The molecule has 348 valence electrons. The normalized spacial score (nSPS) is 14.7. The van der Waals surface area contributed by atoms with E-state index in [2.05, 4.69) is 135 Å². The van der Waals surface area contributed by atoms with Crippen LogP contribution in [-0.4, -0.2) is 74.9 Å². The lowest BCUT2D eigenvalue weighted by Crippen LogP contribution is -2.37. The fourth-order valence-electron chi connectivity index (χ4n) is 5.18. The molecule has 0 aromatic carbocycles. The van der Waals surface area contributed by atoms with E-state index in [1.807, 2.05) is 33.3 Å². The Hall–Kier alpha value is -3.85. The van der Waals surface area contributed by atoms with Crippen molar-refractivity contribution >= 4 is 19.8 Å². The lowest BCUT2D eigenvalue weighted by molar-refractivity contribution is -0.870. The fraction of sp³-hybridized carbons (Fsp3) is 0.538. The van der Waals surface area contributed by atoms with Gasteiger partial charge < -0.3 is 18.9 Å². The third-order valence-corrected chi connectivity index (χ3v) is 9.67. The Morgan fingerprint density at radius 3 is 1.32 bits per heavy atom. The molecule has 0 aromatic rings. The SMILES string of the molecule is CC/C=C/C/C=C/C/C=C/C/C=C/C/C=C/C/C=C/CCC(=O)O[C@H](COC(=O)CCCCC/C=C/C/C=C/C/C=C/C/C=C/C/C=C/CC)COP(=O)(O)OCC[N+](C)(C)C. The largest absolute Gasteiger partial charge is 0.472 e. The summed E-state index contributed by atoms with van der Waals surface area (Å²) in [5.41, 5.74) is 0. The Morgan fingerprint density at radius 1 is 0.500 bits per heavy atom. The molecule has 0 radical (unpaired) electrons. The second-order valence-corrected chi connectivity index (χ2v) is 17.1. The standard InChI is InChI=1S/C52H82NO8P/c1-6-8-10-12-14-16-18-20-22-24-26-28-30-32-34-36-38-40-42-44-51(54)58-48-50(49-60-62(56,57)59-47-46-53(3,4)5)61-52(55)45-43-41-39-37-35-33-31-29-27-25-23-21-19-17-15-13-11-9-7-2/h8-11,14-17,20-23,26-29,32-35,39,41,50H,6-7,12-13,18-19,24-25,30-31,36-38,40,42-49H2,1-5H3/p+1/b10-8+,11-9+,16-14+,17-15+,22-20+,23-21+,28-26+,29-27+,34-32+,35-33+,41-39+/t50-/m1/s1. The maximum Gasteiger partial charge on any atom is 0.472 e. The summed E-state index contributed by atoms with van der Waals surface area (Å²) in [6.07, 6.45) is 60.9. The van der Waals surface area contributed by atoms with Gasteiger partial charge in [-0.05, 0) is 96.3 Å². The number of ether oxygens (including phenoxy) is 2. The third-order valence-electron chi connectivity index (χ3n) is 8.69. The molecule has 0 saturated heterocycles. The molecule has 1 N–H and O–H groups in total. The molecule has 0 aliphatic rings. The predicted molar refractivity (Wildman–Crippen MR) is 260 cm³/mol. The van der Waals surface area contributed by atoms with Crippen molar-refractivity contribution in [3.63, 3.8) is 0 Å². The van der Waals surface area contributed by atoms with Gasteiger partial charge >= 0.3 is 19.8 Å². The molecule has 0 aliphatic heterocycles. The third kappa shape index (κ3) is 45.7. The Bertz CT molecular complexity index is 1510. The lowest BCUT2D eigenvalue weighted by Gasteiger charge is -2.24. The summed E-state index contributed by atoms with van der Waals surface area (Å²) in [6, 6.07) is 0. The van der Waals surface area contributed by atoms with Crippen molar-refractivity contribution in [1.29, 1.82) is 0 Å². The smallest absolute Gasteiger partial charge is 0.462 e. The average Bonchev–Trinajstić information content (AvgIpc) is 3.23. The first-order valence-electron chi connectivity index (χ1n) is 22.9. The second kappa shape index (κ2) is 42.5. The highest BCUT2D eigenvalue weighted by Crippen LogP contribution is 2.43. The molecular weight excluding hydrogens is 798 g/mol. The molecule has 0 aliphatic carbocycles. The number of phosphoric ester groups is 1. The Kier molecular flexibility index (Phi) is 39.8. The number of rotatable bonds is 39. The van der Waals surface area contributed by atoms with Gasteiger partial charge in [0, 0.05) is 12.8 Å². The number of likely N-dealkylation sites (N-methyl/N-ethyl adjacent to an activating group) is 1. The number of hydrogen-bond donors (Lipinski definition) is 1. The summed E-state index contributed by atoms with van der Waals surface area (Å²) in [5.74, 6) is -0.951. The van der Waals surface area contributed by atoms with Crippen LogP contribution >= 0.6 is 7.82 Å². The minimum Gasteiger partial charge on any atom is -0.462 e. The fourth-order valence-corrected chi connectivity index (χ4v) is 5.92. The first-order valence-corrected chi connectivity index (χ1v) is 24.4. The van der Waals surface area contributed by atoms with E-state index < -0.39 is 32.5 Å². The van der Waals surface area contributed by atoms with Gasteiger partial charge in [-0.3, -0.25) is 18.6 Å². The number of nitrogens with zero attached hydrogens (tertiary/aromatic N) is 1. The van der Waals surface area contributed by atoms with Crippen LogP contribution in [0.2, 0.25) is 0 Å². The van der Waals surface area contributed by atoms with Crippen LogP contribution in [0.4, 0.5) is 0 Å². The molecule has 0 spiro atoms. The molecule has 2 atom stereocenters. The highest BCUT2D eigenvalue weighted by molar-refractivity contribution is 7.47. The molecule has 9 nitrogen and oxygen atoms in total. The Morgan fingerprint density at radius 2 is 0.903 bits per heavy atom. The first-order chi connectivity index (χ1) is 30.0. The van der Waals surface area contributed by atoms with Crippen molar-refractivity contribution in [2.45, 2.75) is 136 Å². The predicted octanol–water partition coefficient (Wildman–Crippen LogP) is 13.5. The first kappa shape index (κ1) is 58.1. The van der Waals surface area contributed by atoms with Gasteiger partial charge in [0.2, 0.25) is 0 Å². The van der Waals surface area contributed by atoms with Crippen LogP contribution in [0.5, 0.6) is 0 Å². The number of unbranched alkanes of at least 4 members (excludes halogenated alkanes) is 3. The number of allylic oxidation sites excluding steroid dienone is 22. The zero-order valence-corrected chi connectivity index (χ0v) is 39.9. The van der Waals surface area contributed by atoms with Gasteiger partial charge in [0.25, 0.3) is 0 Å². The summed E-state index contributed by atoms with van der Waals surface area (Å²) in [5, 5.41) is 0. The van der Waals surface area contributed by atoms with Gasteiger partial charge in [0.05, 0.1) is 27.7 Å². The molecule has 0 fully saturated rings. The summed E-state index contributed by atoms with van der Waals surface area (Å²) < 4.78 is 34.2. The minimum absolute atomic E-state index is 0.00373. The van der Waals surface area contributed by atoms with E-state index in [1.54, 1.807) is 0 Å². The van der Waals surface area contributed by atoms with Gasteiger partial charge in [0.1, 0.15) is 19.8 Å². The van der Waals surface area contributed by atoms with Crippen molar-refractivity contribution in [1.82, 2.24) is 0 Å². The number of phosphoric acid groups is 1. The van der Waals surface area contributed by atoms with Crippen molar-refractivity contribution in [3.05, 3.63) is 134 Å². The Labute approximate surface area is 377 Å². The molecule has 0 saturated carbocycles. The number of carbonyl (C=O) groups excluding carboxylic acids is 2. The van der Waals surface area contributed by atoms with Crippen LogP contribution < -0.4 is 0 Å². The van der Waals surface area contributed by atoms with Crippen molar-refractivity contribution in [2.75, 3.05) is 47.5 Å². The zero-order valence-electron chi connectivity index (χ0n) is 39.0. The van der Waals surface area contributed by atoms with Crippen LogP contribution in [0.15, 0.2) is 134 Å². The maximum absolute atomic E-state index is 12.7. The van der Waals surface area contributed by atoms with Gasteiger partial charge in [-0.15, -0.1) is 0 Å². The molecule has 0 rings (SSSR count). The molecule has 10 heteroatoms. The average molecular weight is 881 g/mol. The van der Waals surface area contributed by atoms with Crippen molar-refractivity contribution in [2.24, 2.45) is 0 Å². The number of carbonyl (C=O) groups is 2. The van der Waals surface area contributed by atoms with Crippen LogP contribution in [0.25, 0.3) is 0 Å². The summed E-state index contributed by atoms with van der Waals surface area (Å²) >= 11 is 0. The minimum atomic E-state index is -4.42. The van der Waals surface area contributed by atoms with E-state index in [1.165, 1.54) is 0 Å². The molecule has 0 aromatic heterocycles. The van der Waals surface area contributed by atoms with Crippen LogP contribution in [0.3, 0.4) is 0 Å². The maximum atomic E-state index is 12.7. The summed E-state index contributed by atoms with van der Waals surface area (Å²) in [4.78, 5) is 35.4. The van der Waals surface area contributed by atoms with E-state index in [0.717, 1.165) is 89.9 Å². The van der Waals surface area contributed by atoms with Gasteiger partial charge in [-0.25, -0.2) is 4.57 Å². The monoisotopic (exact) mass is 881 g/mol. The van der Waals surface area contributed by atoms with Gasteiger partial charge in [-0.1, -0.05) is 154 Å². The molecular formula is C52H83NO8P+. The number of esters is 2. The number of quaternary nitrogens is 1. The molecule has 0 bridgehead atoms.